The van der Waals surface area contributed by atoms with Crippen LogP contribution >= 0.6 is 23.4 Å². The Bertz CT molecular complexity index is 1370. The summed E-state index contributed by atoms with van der Waals surface area (Å²) in [6.07, 6.45) is 3.36. The number of aromatic nitrogens is 3. The SMILES string of the molecule is O=c1c2ccccc2nc(SCCS(=O)(=O)c2ccc(Cl)cc2)n1Cc1cccnc1. The molecule has 6 nitrogen and oxygen atoms in total. The quantitative estimate of drug-likeness (QED) is 0.298. The molecule has 0 unspecified atom stereocenters. The van der Waals surface area contributed by atoms with Crippen LogP contribution in [0.2, 0.25) is 5.02 Å². The number of pyridine rings is 1. The molecular weight excluding hydrogens is 454 g/mol. The first-order valence-electron chi connectivity index (χ1n) is 9.44. The smallest absolute Gasteiger partial charge is 0.262 e. The third-order valence-corrected chi connectivity index (χ3v) is 7.87. The minimum Gasteiger partial charge on any atom is -0.283 e. The molecule has 0 atom stereocenters. The highest BCUT2D eigenvalue weighted by Crippen LogP contribution is 2.21. The van der Waals surface area contributed by atoms with Gasteiger partial charge in [-0.2, -0.15) is 0 Å². The van der Waals surface area contributed by atoms with E-state index in [-0.39, 0.29) is 22.0 Å². The summed E-state index contributed by atoms with van der Waals surface area (Å²) in [5, 5.41) is 1.47. The topological polar surface area (TPSA) is 81.9 Å². The van der Waals surface area contributed by atoms with Crippen LogP contribution < -0.4 is 5.56 Å². The Morgan fingerprint density at radius 1 is 1.00 bits per heavy atom. The number of thioether (sulfide) groups is 1. The molecule has 31 heavy (non-hydrogen) atoms. The molecule has 0 saturated carbocycles. The van der Waals surface area contributed by atoms with E-state index in [0.29, 0.717) is 27.6 Å². The summed E-state index contributed by atoms with van der Waals surface area (Å²) in [4.78, 5) is 22.1. The Hall–Kier alpha value is -2.68. The van der Waals surface area contributed by atoms with Gasteiger partial charge in [-0.15, -0.1) is 0 Å². The normalized spacial score (nSPS) is 11.6. The molecular formula is C22H18ClN3O3S2. The number of hydrogen-bond acceptors (Lipinski definition) is 6. The Labute approximate surface area is 188 Å². The van der Waals surface area contributed by atoms with Gasteiger partial charge in [0.05, 0.1) is 28.1 Å². The van der Waals surface area contributed by atoms with Crippen LogP contribution in [0, 0.1) is 0 Å². The van der Waals surface area contributed by atoms with Crippen LogP contribution in [0.4, 0.5) is 0 Å². The van der Waals surface area contributed by atoms with Gasteiger partial charge in [0, 0.05) is 23.2 Å². The molecule has 0 saturated heterocycles. The molecule has 0 amide bonds. The van der Waals surface area contributed by atoms with Crippen LogP contribution in [0.15, 0.2) is 87.9 Å². The maximum Gasteiger partial charge on any atom is 0.262 e. The molecule has 4 aromatic rings. The number of rotatable bonds is 7. The van der Waals surface area contributed by atoms with E-state index in [1.165, 1.54) is 23.9 Å². The third kappa shape index (κ3) is 4.98. The average Bonchev–Trinajstić information content (AvgIpc) is 2.77. The second kappa shape index (κ2) is 9.21. The zero-order chi connectivity index (χ0) is 21.8. The molecule has 4 rings (SSSR count). The van der Waals surface area contributed by atoms with Gasteiger partial charge in [-0.25, -0.2) is 13.4 Å². The molecule has 0 spiro atoms. The monoisotopic (exact) mass is 471 g/mol. The summed E-state index contributed by atoms with van der Waals surface area (Å²) in [6.45, 7) is 0.302. The first-order valence-corrected chi connectivity index (χ1v) is 12.5. The Morgan fingerprint density at radius 2 is 1.77 bits per heavy atom. The van der Waals surface area contributed by atoms with Crippen molar-refractivity contribution in [3.63, 3.8) is 0 Å². The van der Waals surface area contributed by atoms with E-state index in [9.17, 15) is 13.2 Å². The Morgan fingerprint density at radius 3 is 2.52 bits per heavy atom. The standard InChI is InChI=1S/C22H18ClN3O3S2/c23-17-7-9-18(10-8-17)31(28,29)13-12-30-22-25-20-6-2-1-5-19(20)21(27)26(22)15-16-4-3-11-24-14-16/h1-11,14H,12-13,15H2. The number of sulfone groups is 1. The highest BCUT2D eigenvalue weighted by atomic mass is 35.5. The number of hydrogen-bond donors (Lipinski definition) is 0. The lowest BCUT2D eigenvalue weighted by atomic mass is 10.2. The van der Waals surface area contributed by atoms with Gasteiger partial charge in [-0.3, -0.25) is 14.3 Å². The fraction of sp³-hybridized carbons (Fsp3) is 0.136. The molecule has 0 bridgehead atoms. The van der Waals surface area contributed by atoms with Crippen LogP contribution in [-0.4, -0.2) is 34.5 Å². The lowest BCUT2D eigenvalue weighted by Crippen LogP contribution is -2.24. The number of nitrogens with zero attached hydrogens (tertiary/aromatic N) is 3. The van der Waals surface area contributed by atoms with Gasteiger partial charge in [0.25, 0.3) is 5.56 Å². The van der Waals surface area contributed by atoms with Crippen molar-refractivity contribution in [2.75, 3.05) is 11.5 Å². The van der Waals surface area contributed by atoms with Crippen molar-refractivity contribution < 1.29 is 8.42 Å². The van der Waals surface area contributed by atoms with Crippen LogP contribution in [0.5, 0.6) is 0 Å². The Balaban J connectivity index is 1.62. The number of fused-ring (bicyclic) bond motifs is 1. The van der Waals surface area contributed by atoms with E-state index < -0.39 is 9.84 Å². The molecule has 0 aliphatic rings. The van der Waals surface area contributed by atoms with Gasteiger partial charge in [0.15, 0.2) is 15.0 Å². The van der Waals surface area contributed by atoms with Crippen molar-refractivity contribution in [1.82, 2.24) is 14.5 Å². The molecule has 0 radical (unpaired) electrons. The van der Waals surface area contributed by atoms with Gasteiger partial charge < -0.3 is 0 Å². The van der Waals surface area contributed by atoms with Crippen molar-refractivity contribution in [1.29, 1.82) is 0 Å². The van der Waals surface area contributed by atoms with Gasteiger partial charge >= 0.3 is 0 Å². The molecule has 2 aromatic carbocycles. The minimum absolute atomic E-state index is 0.0884. The highest BCUT2D eigenvalue weighted by Gasteiger charge is 2.17. The molecule has 0 aliphatic carbocycles. The van der Waals surface area contributed by atoms with Crippen LogP contribution in [0.1, 0.15) is 5.56 Å². The maximum atomic E-state index is 13.1. The summed E-state index contributed by atoms with van der Waals surface area (Å²) in [5.41, 5.74) is 1.27. The van der Waals surface area contributed by atoms with E-state index >= 15 is 0 Å². The second-order valence-electron chi connectivity index (χ2n) is 6.79. The van der Waals surface area contributed by atoms with E-state index in [1.54, 1.807) is 53.4 Å². The van der Waals surface area contributed by atoms with Gasteiger partial charge in [0.2, 0.25) is 0 Å². The van der Waals surface area contributed by atoms with E-state index in [4.69, 9.17) is 11.6 Å². The molecule has 2 aromatic heterocycles. The van der Waals surface area contributed by atoms with Crippen molar-refractivity contribution in [3.8, 4) is 0 Å². The van der Waals surface area contributed by atoms with Crippen molar-refractivity contribution in [2.24, 2.45) is 0 Å². The van der Waals surface area contributed by atoms with E-state index in [0.717, 1.165) is 5.56 Å². The third-order valence-electron chi connectivity index (χ3n) is 4.65. The zero-order valence-electron chi connectivity index (χ0n) is 16.3. The first-order chi connectivity index (χ1) is 14.9. The molecule has 158 valence electrons. The highest BCUT2D eigenvalue weighted by molar-refractivity contribution is 8.00. The summed E-state index contributed by atoms with van der Waals surface area (Å²) >= 11 is 7.09. The largest absolute Gasteiger partial charge is 0.283 e. The van der Waals surface area contributed by atoms with Crippen molar-refractivity contribution in [2.45, 2.75) is 16.6 Å². The predicted octanol–water partition coefficient (Wildman–Crippen LogP) is 4.06. The first kappa shape index (κ1) is 21.5. The lowest BCUT2D eigenvalue weighted by Gasteiger charge is -2.13. The number of benzene rings is 2. The maximum absolute atomic E-state index is 13.1. The number of halogens is 1. The summed E-state index contributed by atoms with van der Waals surface area (Å²) in [7, 11) is -3.48. The lowest BCUT2D eigenvalue weighted by molar-refractivity contribution is 0.597. The fourth-order valence-corrected chi connectivity index (χ4v) is 5.85. The summed E-state index contributed by atoms with van der Waals surface area (Å²) in [5.74, 6) is 0.164. The average molecular weight is 472 g/mol. The fourth-order valence-electron chi connectivity index (χ4n) is 3.07. The molecule has 0 N–H and O–H groups in total. The van der Waals surface area contributed by atoms with E-state index in [1.807, 2.05) is 12.1 Å². The van der Waals surface area contributed by atoms with Crippen LogP contribution in [0.25, 0.3) is 10.9 Å². The Kier molecular flexibility index (Phi) is 6.41. The van der Waals surface area contributed by atoms with E-state index in [2.05, 4.69) is 9.97 Å². The van der Waals surface area contributed by atoms with Crippen molar-refractivity contribution >= 4 is 44.1 Å². The molecule has 0 aliphatic heterocycles. The molecule has 0 fully saturated rings. The summed E-state index contributed by atoms with van der Waals surface area (Å²) < 4.78 is 26.8. The molecule has 2 heterocycles. The van der Waals surface area contributed by atoms with Crippen LogP contribution in [-0.2, 0) is 16.4 Å². The van der Waals surface area contributed by atoms with Crippen molar-refractivity contribution in [3.05, 3.63) is 94.0 Å². The number of para-hydroxylation sites is 1. The molecule has 9 heteroatoms. The minimum atomic E-state index is -3.48. The summed E-state index contributed by atoms with van der Waals surface area (Å²) in [6, 6.07) is 16.9. The van der Waals surface area contributed by atoms with Crippen LogP contribution in [0.3, 0.4) is 0 Å². The van der Waals surface area contributed by atoms with Gasteiger partial charge in [-0.05, 0) is 48.0 Å². The predicted molar refractivity (Wildman–Crippen MR) is 124 cm³/mol. The zero-order valence-corrected chi connectivity index (χ0v) is 18.7. The van der Waals surface area contributed by atoms with Gasteiger partial charge in [-0.1, -0.05) is 41.6 Å². The van der Waals surface area contributed by atoms with Gasteiger partial charge in [0.1, 0.15) is 0 Å². The second-order valence-corrected chi connectivity index (χ2v) is 10.4.